The number of anilines is 1. The average Bonchev–Trinajstić information content (AvgIpc) is 2.99. The second-order valence-corrected chi connectivity index (χ2v) is 6.12. The van der Waals surface area contributed by atoms with Crippen molar-refractivity contribution in [2.45, 2.75) is 19.1 Å². The lowest BCUT2D eigenvalue weighted by Gasteiger charge is -2.10. The highest BCUT2D eigenvalue weighted by Gasteiger charge is 2.44. The second-order valence-electron chi connectivity index (χ2n) is 6.12. The van der Waals surface area contributed by atoms with E-state index in [0.717, 1.165) is 0 Å². The molecule has 7 nitrogen and oxygen atoms in total. The third-order valence-corrected chi connectivity index (χ3v) is 4.32. The molecule has 3 aromatic rings. The summed E-state index contributed by atoms with van der Waals surface area (Å²) in [6, 6.07) is 9.66. The number of aryl methyl sites for hydroxylation is 1. The number of fused-ring (bicyclic) bond motifs is 2. The molecule has 1 aliphatic heterocycles. The molecule has 2 aromatic carbocycles. The second kappa shape index (κ2) is 6.59. The summed E-state index contributed by atoms with van der Waals surface area (Å²) in [5, 5.41) is 0.503. The van der Waals surface area contributed by atoms with Crippen LogP contribution in [0, 0.1) is 0 Å². The topological polar surface area (TPSA) is 96.6 Å². The van der Waals surface area contributed by atoms with E-state index in [1.807, 2.05) is 0 Å². The number of methoxy groups -OCH3 is 1. The minimum absolute atomic E-state index is 0.00808. The van der Waals surface area contributed by atoms with Gasteiger partial charge in [-0.2, -0.15) is 0 Å². The standard InChI is InChI=1S/C19H15F2N3O4/c1-26-13-6-3-5-11-15(23-18(22)24-16(11)13)12(25)9-8-10-4-2-7-14-17(10)28-19(20,21)27-14/h2-7H,8-9H2,1H3,(H2,22,23,24). The number of para-hydroxylation sites is 2. The number of nitrogens with two attached hydrogens (primary N) is 1. The summed E-state index contributed by atoms with van der Waals surface area (Å²) in [6.07, 6.45) is -3.54. The number of Topliss-reactive ketones (excluding diaryl/α,β-unsaturated/α-hetero) is 1. The smallest absolute Gasteiger partial charge is 0.494 e. The van der Waals surface area contributed by atoms with Gasteiger partial charge in [-0.05, 0) is 24.1 Å². The zero-order valence-electron chi connectivity index (χ0n) is 14.7. The summed E-state index contributed by atoms with van der Waals surface area (Å²) < 4.78 is 40.9. The van der Waals surface area contributed by atoms with E-state index < -0.39 is 6.29 Å². The van der Waals surface area contributed by atoms with Gasteiger partial charge in [-0.3, -0.25) is 4.79 Å². The minimum atomic E-state index is -3.71. The molecule has 4 rings (SSSR count). The van der Waals surface area contributed by atoms with E-state index in [4.69, 9.17) is 10.5 Å². The van der Waals surface area contributed by atoms with Crippen molar-refractivity contribution >= 4 is 22.6 Å². The predicted octanol–water partition coefficient (Wildman–Crippen LogP) is 3.36. The Labute approximate surface area is 158 Å². The Hall–Kier alpha value is -3.49. The fourth-order valence-electron chi connectivity index (χ4n) is 3.11. The third kappa shape index (κ3) is 3.15. The van der Waals surface area contributed by atoms with Crippen LogP contribution >= 0.6 is 0 Å². The Morgan fingerprint density at radius 2 is 1.96 bits per heavy atom. The number of aromatic nitrogens is 2. The van der Waals surface area contributed by atoms with Gasteiger partial charge in [0, 0.05) is 11.8 Å². The number of benzene rings is 2. The Bertz CT molecular complexity index is 1090. The van der Waals surface area contributed by atoms with E-state index in [0.29, 0.717) is 22.2 Å². The van der Waals surface area contributed by atoms with Gasteiger partial charge in [0.2, 0.25) is 5.95 Å². The third-order valence-electron chi connectivity index (χ3n) is 4.32. The number of ketones is 1. The molecule has 0 amide bonds. The number of hydrogen-bond acceptors (Lipinski definition) is 7. The van der Waals surface area contributed by atoms with Gasteiger partial charge < -0.3 is 19.9 Å². The fourth-order valence-corrected chi connectivity index (χ4v) is 3.11. The first kappa shape index (κ1) is 17.9. The molecule has 2 N–H and O–H groups in total. The number of rotatable bonds is 5. The Morgan fingerprint density at radius 3 is 2.75 bits per heavy atom. The normalized spacial score (nSPS) is 14.2. The lowest BCUT2D eigenvalue weighted by molar-refractivity contribution is -0.286. The molecule has 0 unspecified atom stereocenters. The van der Waals surface area contributed by atoms with E-state index in [1.54, 1.807) is 30.3 Å². The number of alkyl halides is 2. The zero-order valence-corrected chi connectivity index (χ0v) is 14.7. The maximum Gasteiger partial charge on any atom is 0.586 e. The van der Waals surface area contributed by atoms with Gasteiger partial charge in [-0.1, -0.05) is 24.3 Å². The van der Waals surface area contributed by atoms with Crippen LogP contribution in [0.25, 0.3) is 10.9 Å². The Balaban J connectivity index is 1.62. The van der Waals surface area contributed by atoms with Crippen LogP contribution in [0.3, 0.4) is 0 Å². The van der Waals surface area contributed by atoms with Gasteiger partial charge >= 0.3 is 6.29 Å². The number of carbonyl (C=O) groups excluding carboxylic acids is 1. The first-order valence-electron chi connectivity index (χ1n) is 8.39. The van der Waals surface area contributed by atoms with Gasteiger partial charge in [-0.15, -0.1) is 8.78 Å². The van der Waals surface area contributed by atoms with Gasteiger partial charge in [0.05, 0.1) is 7.11 Å². The van der Waals surface area contributed by atoms with Gasteiger partial charge in [0.25, 0.3) is 0 Å². The molecule has 9 heteroatoms. The van der Waals surface area contributed by atoms with E-state index in [1.165, 1.54) is 13.2 Å². The maximum absolute atomic E-state index is 13.3. The lowest BCUT2D eigenvalue weighted by atomic mass is 10.0. The highest BCUT2D eigenvalue weighted by molar-refractivity contribution is 6.07. The molecule has 1 aromatic heterocycles. The molecule has 0 radical (unpaired) electrons. The van der Waals surface area contributed by atoms with E-state index in [-0.39, 0.29) is 41.8 Å². The van der Waals surface area contributed by atoms with Crippen molar-refractivity contribution in [1.82, 2.24) is 9.97 Å². The molecule has 1 aliphatic rings. The van der Waals surface area contributed by atoms with Crippen LogP contribution in [0.4, 0.5) is 14.7 Å². The molecule has 2 heterocycles. The molecule has 28 heavy (non-hydrogen) atoms. The van der Waals surface area contributed by atoms with Crippen LogP contribution in [0.15, 0.2) is 36.4 Å². The Morgan fingerprint density at radius 1 is 1.18 bits per heavy atom. The maximum atomic E-state index is 13.3. The van der Waals surface area contributed by atoms with Crippen LogP contribution < -0.4 is 19.9 Å². The van der Waals surface area contributed by atoms with Crippen LogP contribution in [0.1, 0.15) is 22.5 Å². The first-order valence-corrected chi connectivity index (χ1v) is 8.39. The predicted molar refractivity (Wildman–Crippen MR) is 95.8 cm³/mol. The lowest BCUT2D eigenvalue weighted by Crippen LogP contribution is -2.26. The minimum Gasteiger partial charge on any atom is -0.494 e. The number of nitrogen functional groups attached to an aromatic ring is 1. The largest absolute Gasteiger partial charge is 0.586 e. The van der Waals surface area contributed by atoms with Crippen molar-refractivity contribution in [3.05, 3.63) is 47.7 Å². The summed E-state index contributed by atoms with van der Waals surface area (Å²) in [7, 11) is 1.49. The van der Waals surface area contributed by atoms with Crippen molar-refractivity contribution in [1.29, 1.82) is 0 Å². The quantitative estimate of drug-likeness (QED) is 0.671. The Kier molecular flexibility index (Phi) is 4.21. The summed E-state index contributed by atoms with van der Waals surface area (Å²) in [5.74, 6) is -0.0206. The molecular formula is C19H15F2N3O4. The number of ether oxygens (including phenoxy) is 3. The summed E-state index contributed by atoms with van der Waals surface area (Å²) >= 11 is 0. The zero-order chi connectivity index (χ0) is 19.9. The molecule has 0 saturated heterocycles. The number of carbonyl (C=O) groups is 1. The van der Waals surface area contributed by atoms with Crippen molar-refractivity contribution in [3.8, 4) is 17.2 Å². The van der Waals surface area contributed by atoms with E-state index >= 15 is 0 Å². The van der Waals surface area contributed by atoms with E-state index in [9.17, 15) is 13.6 Å². The fraction of sp³-hybridized carbons (Fsp3) is 0.211. The monoisotopic (exact) mass is 387 g/mol. The summed E-state index contributed by atoms with van der Waals surface area (Å²) in [6.45, 7) is 0. The summed E-state index contributed by atoms with van der Waals surface area (Å²) in [4.78, 5) is 21.0. The number of hydrogen-bond donors (Lipinski definition) is 1. The number of nitrogens with zero attached hydrogens (tertiary/aromatic N) is 2. The molecule has 0 bridgehead atoms. The molecule has 0 aliphatic carbocycles. The van der Waals surface area contributed by atoms with Crippen LogP contribution in [-0.4, -0.2) is 29.2 Å². The molecule has 0 atom stereocenters. The van der Waals surface area contributed by atoms with Crippen LogP contribution in [-0.2, 0) is 6.42 Å². The van der Waals surface area contributed by atoms with Crippen molar-refractivity contribution in [2.24, 2.45) is 0 Å². The molecular weight excluding hydrogens is 372 g/mol. The van der Waals surface area contributed by atoms with E-state index in [2.05, 4.69) is 19.4 Å². The van der Waals surface area contributed by atoms with Crippen molar-refractivity contribution in [2.75, 3.05) is 12.8 Å². The highest BCUT2D eigenvalue weighted by Crippen LogP contribution is 2.43. The molecule has 144 valence electrons. The van der Waals surface area contributed by atoms with Crippen molar-refractivity contribution < 1.29 is 27.8 Å². The average molecular weight is 387 g/mol. The highest BCUT2D eigenvalue weighted by atomic mass is 19.3. The summed E-state index contributed by atoms with van der Waals surface area (Å²) in [5.41, 5.74) is 6.76. The van der Waals surface area contributed by atoms with Gasteiger partial charge in [0.15, 0.2) is 17.3 Å². The molecule has 0 spiro atoms. The first-order chi connectivity index (χ1) is 13.4. The van der Waals surface area contributed by atoms with Crippen LogP contribution in [0.2, 0.25) is 0 Å². The number of halogens is 2. The molecule has 0 fully saturated rings. The van der Waals surface area contributed by atoms with Gasteiger partial charge in [-0.25, -0.2) is 9.97 Å². The van der Waals surface area contributed by atoms with Crippen molar-refractivity contribution in [3.63, 3.8) is 0 Å². The van der Waals surface area contributed by atoms with Crippen LogP contribution in [0.5, 0.6) is 17.2 Å². The SMILES string of the molecule is COc1cccc2c(C(=O)CCc3cccc4c3OC(F)(F)O4)nc(N)nc12. The molecule has 0 saturated carbocycles. The van der Waals surface area contributed by atoms with Gasteiger partial charge in [0.1, 0.15) is 17.0 Å².